The maximum Gasteiger partial charge on any atom is 0.269 e. The number of nitrogens with one attached hydrogen (secondary N) is 1. The van der Waals surface area contributed by atoms with E-state index in [0.29, 0.717) is 15.7 Å². The SMILES string of the molecule is Nc1c(C(=O)Nc2nc3ccccc3s2)sc2nc(-c3ccccc3)ccc12. The molecule has 3 N–H and O–H groups in total. The lowest BCUT2D eigenvalue weighted by atomic mass is 10.1. The third kappa shape index (κ3) is 2.90. The molecule has 5 nitrogen and oxygen atoms in total. The van der Waals surface area contributed by atoms with E-state index >= 15 is 0 Å². The first-order chi connectivity index (χ1) is 13.7. The molecule has 3 heterocycles. The minimum atomic E-state index is -0.263. The summed E-state index contributed by atoms with van der Waals surface area (Å²) in [4.78, 5) is 23.1. The fourth-order valence-corrected chi connectivity index (χ4v) is 4.86. The first-order valence-corrected chi connectivity index (χ1v) is 10.2. The number of nitrogens with two attached hydrogens (primary N) is 1. The van der Waals surface area contributed by atoms with Gasteiger partial charge in [0.05, 0.1) is 21.6 Å². The van der Waals surface area contributed by atoms with Gasteiger partial charge in [0.2, 0.25) is 0 Å². The molecule has 5 rings (SSSR count). The molecule has 0 saturated carbocycles. The number of nitrogens with zero attached hydrogens (tertiary/aromatic N) is 2. The molecule has 5 aromatic rings. The zero-order chi connectivity index (χ0) is 19.1. The van der Waals surface area contributed by atoms with E-state index in [9.17, 15) is 4.79 Å². The second kappa shape index (κ2) is 6.70. The Morgan fingerprint density at radius 3 is 2.50 bits per heavy atom. The molecule has 0 aliphatic rings. The highest BCUT2D eigenvalue weighted by molar-refractivity contribution is 7.23. The summed E-state index contributed by atoms with van der Waals surface area (Å²) in [7, 11) is 0. The number of thiazole rings is 1. The van der Waals surface area contributed by atoms with Gasteiger partial charge in [0, 0.05) is 10.9 Å². The van der Waals surface area contributed by atoms with Gasteiger partial charge < -0.3 is 5.73 Å². The molecule has 0 fully saturated rings. The van der Waals surface area contributed by atoms with Gasteiger partial charge in [-0.1, -0.05) is 53.8 Å². The van der Waals surface area contributed by atoms with Crippen molar-refractivity contribution in [2.24, 2.45) is 0 Å². The molecule has 28 heavy (non-hydrogen) atoms. The molecule has 1 amide bonds. The van der Waals surface area contributed by atoms with Crippen molar-refractivity contribution < 1.29 is 4.79 Å². The highest BCUT2D eigenvalue weighted by atomic mass is 32.1. The van der Waals surface area contributed by atoms with Gasteiger partial charge in [0.15, 0.2) is 5.13 Å². The van der Waals surface area contributed by atoms with Crippen molar-refractivity contribution in [1.82, 2.24) is 9.97 Å². The molecule has 2 aromatic carbocycles. The fourth-order valence-electron chi connectivity index (χ4n) is 3.02. The van der Waals surface area contributed by atoms with Crippen molar-refractivity contribution in [3.8, 4) is 11.3 Å². The molecular weight excluding hydrogens is 388 g/mol. The number of hydrogen-bond acceptors (Lipinski definition) is 6. The van der Waals surface area contributed by atoms with Crippen LogP contribution in [0.25, 0.3) is 31.7 Å². The summed E-state index contributed by atoms with van der Waals surface area (Å²) in [6.07, 6.45) is 0. The van der Waals surface area contributed by atoms with Crippen molar-refractivity contribution in [3.63, 3.8) is 0 Å². The Bertz CT molecular complexity index is 1290. The summed E-state index contributed by atoms with van der Waals surface area (Å²) >= 11 is 2.73. The topological polar surface area (TPSA) is 80.9 Å². The molecule has 0 radical (unpaired) electrons. The van der Waals surface area contributed by atoms with Gasteiger partial charge in [0.1, 0.15) is 9.71 Å². The van der Waals surface area contributed by atoms with Crippen molar-refractivity contribution in [3.05, 3.63) is 71.6 Å². The molecule has 7 heteroatoms. The number of nitrogen functional groups attached to an aromatic ring is 1. The number of aromatic nitrogens is 2. The van der Waals surface area contributed by atoms with Crippen LogP contribution in [0.3, 0.4) is 0 Å². The van der Waals surface area contributed by atoms with Crippen LogP contribution in [0, 0.1) is 0 Å². The Hall–Kier alpha value is -3.29. The van der Waals surface area contributed by atoms with Gasteiger partial charge in [-0.2, -0.15) is 0 Å². The fraction of sp³-hybridized carbons (Fsp3) is 0. The van der Waals surface area contributed by atoms with Gasteiger partial charge in [-0.3, -0.25) is 10.1 Å². The van der Waals surface area contributed by atoms with E-state index in [2.05, 4.69) is 10.3 Å². The highest BCUT2D eigenvalue weighted by Crippen LogP contribution is 2.35. The van der Waals surface area contributed by atoms with Gasteiger partial charge in [-0.15, -0.1) is 11.3 Å². The molecule has 0 unspecified atom stereocenters. The average Bonchev–Trinajstić information content (AvgIpc) is 3.28. The van der Waals surface area contributed by atoms with Gasteiger partial charge in [-0.05, 0) is 24.3 Å². The summed E-state index contributed by atoms with van der Waals surface area (Å²) in [5, 5.41) is 4.21. The maximum absolute atomic E-state index is 12.8. The van der Waals surface area contributed by atoms with E-state index < -0.39 is 0 Å². The van der Waals surface area contributed by atoms with Crippen molar-refractivity contribution in [2.75, 3.05) is 11.1 Å². The van der Waals surface area contributed by atoms with E-state index in [4.69, 9.17) is 10.7 Å². The predicted octanol–water partition coefficient (Wildman–Crippen LogP) is 5.41. The van der Waals surface area contributed by atoms with Crippen molar-refractivity contribution in [2.45, 2.75) is 0 Å². The third-order valence-corrected chi connectivity index (χ3v) is 6.45. The van der Waals surface area contributed by atoms with E-state index in [1.807, 2.05) is 66.7 Å². The molecule has 3 aromatic heterocycles. The Balaban J connectivity index is 1.49. The van der Waals surface area contributed by atoms with Crippen LogP contribution in [0.1, 0.15) is 9.67 Å². The Morgan fingerprint density at radius 1 is 0.893 bits per heavy atom. The number of anilines is 2. The van der Waals surface area contributed by atoms with Crippen LogP contribution in [0.5, 0.6) is 0 Å². The summed E-state index contributed by atoms with van der Waals surface area (Å²) in [6.45, 7) is 0. The Kier molecular flexibility index (Phi) is 4.03. The number of para-hydroxylation sites is 1. The number of carbonyl (C=O) groups is 1. The quantitative estimate of drug-likeness (QED) is 0.423. The zero-order valence-electron chi connectivity index (χ0n) is 14.5. The lowest BCUT2D eigenvalue weighted by Crippen LogP contribution is -2.11. The predicted molar refractivity (Wildman–Crippen MR) is 117 cm³/mol. The molecule has 0 atom stereocenters. The molecule has 0 bridgehead atoms. The molecule has 0 spiro atoms. The minimum Gasteiger partial charge on any atom is -0.397 e. The number of hydrogen-bond donors (Lipinski definition) is 2. The van der Waals surface area contributed by atoms with Crippen molar-refractivity contribution in [1.29, 1.82) is 0 Å². The number of fused-ring (bicyclic) bond motifs is 2. The first kappa shape index (κ1) is 16.9. The van der Waals surface area contributed by atoms with Crippen molar-refractivity contribution >= 4 is 59.8 Å². The normalized spacial score (nSPS) is 11.1. The lowest BCUT2D eigenvalue weighted by Gasteiger charge is -2.00. The third-order valence-electron chi connectivity index (χ3n) is 4.38. The Morgan fingerprint density at radius 2 is 1.68 bits per heavy atom. The second-order valence-corrected chi connectivity index (χ2v) is 8.23. The van der Waals surface area contributed by atoms with Gasteiger partial charge >= 0.3 is 0 Å². The number of benzene rings is 2. The van der Waals surface area contributed by atoms with E-state index in [1.165, 1.54) is 22.7 Å². The van der Waals surface area contributed by atoms with Crippen LogP contribution in [0.4, 0.5) is 10.8 Å². The van der Waals surface area contributed by atoms with Crippen LogP contribution >= 0.6 is 22.7 Å². The largest absolute Gasteiger partial charge is 0.397 e. The second-order valence-electron chi connectivity index (χ2n) is 6.20. The molecule has 0 saturated heterocycles. The molecule has 0 aliphatic heterocycles. The number of amides is 1. The van der Waals surface area contributed by atoms with Gasteiger partial charge in [-0.25, -0.2) is 9.97 Å². The Labute approximate surface area is 168 Å². The standard InChI is InChI=1S/C21H14N4OS2/c22-17-13-10-11-14(12-6-2-1-3-7-12)23-20(13)28-18(17)19(26)25-21-24-15-8-4-5-9-16(15)27-21/h1-11H,22H2,(H,24,25,26). The van der Waals surface area contributed by atoms with E-state index in [-0.39, 0.29) is 5.91 Å². The molecule has 136 valence electrons. The molecule has 0 aliphatic carbocycles. The highest BCUT2D eigenvalue weighted by Gasteiger charge is 2.19. The van der Waals surface area contributed by atoms with Crippen LogP contribution < -0.4 is 11.1 Å². The van der Waals surface area contributed by atoms with E-state index in [0.717, 1.165) is 31.7 Å². The monoisotopic (exact) mass is 402 g/mol. The van der Waals surface area contributed by atoms with Crippen LogP contribution in [0.15, 0.2) is 66.7 Å². The van der Waals surface area contributed by atoms with Crippen LogP contribution in [-0.4, -0.2) is 15.9 Å². The number of thiophene rings is 1. The summed E-state index contributed by atoms with van der Waals surface area (Å²) in [5.41, 5.74) is 9.44. The first-order valence-electron chi connectivity index (χ1n) is 8.60. The lowest BCUT2D eigenvalue weighted by molar-refractivity contribution is 0.103. The van der Waals surface area contributed by atoms with E-state index in [1.54, 1.807) is 0 Å². The minimum absolute atomic E-state index is 0.263. The zero-order valence-corrected chi connectivity index (χ0v) is 16.2. The van der Waals surface area contributed by atoms with Crippen LogP contribution in [0.2, 0.25) is 0 Å². The van der Waals surface area contributed by atoms with Gasteiger partial charge in [0.25, 0.3) is 5.91 Å². The summed E-state index contributed by atoms with van der Waals surface area (Å²) < 4.78 is 1.02. The number of carbonyl (C=O) groups excluding carboxylic acids is 1. The smallest absolute Gasteiger partial charge is 0.269 e. The number of pyridine rings is 1. The maximum atomic E-state index is 12.8. The number of rotatable bonds is 3. The molecular formula is C21H14N4OS2. The van der Waals surface area contributed by atoms with Crippen LogP contribution in [-0.2, 0) is 0 Å². The average molecular weight is 403 g/mol. The summed E-state index contributed by atoms with van der Waals surface area (Å²) in [5.74, 6) is -0.263. The summed E-state index contributed by atoms with van der Waals surface area (Å²) in [6, 6.07) is 21.5.